The van der Waals surface area contributed by atoms with Crippen molar-refractivity contribution in [2.24, 2.45) is 0 Å². The minimum absolute atomic E-state index is 0.0520. The topological polar surface area (TPSA) is 55.1 Å². The molecule has 0 fully saturated rings. The number of para-hydroxylation sites is 1. The predicted molar refractivity (Wildman–Crippen MR) is 79.4 cm³/mol. The summed E-state index contributed by atoms with van der Waals surface area (Å²) in [5.74, 6) is 0.451. The van der Waals surface area contributed by atoms with E-state index in [9.17, 15) is 9.90 Å². The SMILES string of the molecule is O=C(c1ccccc1)c1ccccc1-n1ccnc1CO. The second-order valence-electron chi connectivity index (χ2n) is 4.58. The largest absolute Gasteiger partial charge is 0.388 e. The molecule has 1 N–H and O–H groups in total. The molecule has 4 heteroatoms. The van der Waals surface area contributed by atoms with Crippen LogP contribution in [0.4, 0.5) is 0 Å². The predicted octanol–water partition coefficient (Wildman–Crippen LogP) is 2.60. The van der Waals surface area contributed by atoms with Crippen LogP contribution in [-0.4, -0.2) is 20.4 Å². The summed E-state index contributed by atoms with van der Waals surface area (Å²) in [6, 6.07) is 16.5. The third-order valence-electron chi connectivity index (χ3n) is 3.30. The van der Waals surface area contributed by atoms with Crippen LogP contribution in [0.1, 0.15) is 21.7 Å². The number of aliphatic hydroxyl groups is 1. The first-order valence-electron chi connectivity index (χ1n) is 6.63. The lowest BCUT2D eigenvalue weighted by Crippen LogP contribution is -2.09. The standard InChI is InChI=1S/C17H14N2O2/c20-12-16-18-10-11-19(16)15-9-5-4-8-14(15)17(21)13-6-2-1-3-7-13/h1-11,20H,12H2. The first-order valence-corrected chi connectivity index (χ1v) is 6.63. The molecule has 1 aromatic heterocycles. The molecule has 21 heavy (non-hydrogen) atoms. The van der Waals surface area contributed by atoms with Crippen LogP contribution in [0.5, 0.6) is 0 Å². The van der Waals surface area contributed by atoms with Gasteiger partial charge < -0.3 is 9.67 Å². The molecular weight excluding hydrogens is 264 g/mol. The lowest BCUT2D eigenvalue weighted by molar-refractivity contribution is 0.103. The fourth-order valence-electron chi connectivity index (χ4n) is 2.29. The maximum absolute atomic E-state index is 12.7. The highest BCUT2D eigenvalue weighted by molar-refractivity contribution is 6.11. The third kappa shape index (κ3) is 2.49. The summed E-state index contributed by atoms with van der Waals surface area (Å²) >= 11 is 0. The number of aromatic nitrogens is 2. The van der Waals surface area contributed by atoms with E-state index in [0.717, 1.165) is 0 Å². The summed E-state index contributed by atoms with van der Waals surface area (Å²) in [5.41, 5.74) is 1.93. The molecule has 0 radical (unpaired) electrons. The summed E-state index contributed by atoms with van der Waals surface area (Å²) in [6.45, 7) is -0.180. The average Bonchev–Trinajstić information content (AvgIpc) is 3.03. The highest BCUT2D eigenvalue weighted by Crippen LogP contribution is 2.20. The van der Waals surface area contributed by atoms with Crippen LogP contribution < -0.4 is 0 Å². The van der Waals surface area contributed by atoms with E-state index in [1.807, 2.05) is 36.4 Å². The van der Waals surface area contributed by atoms with Crippen molar-refractivity contribution in [3.8, 4) is 5.69 Å². The highest BCUT2D eigenvalue weighted by Gasteiger charge is 2.15. The number of imidazole rings is 1. The molecule has 0 aliphatic carbocycles. The van der Waals surface area contributed by atoms with E-state index in [-0.39, 0.29) is 12.4 Å². The van der Waals surface area contributed by atoms with Gasteiger partial charge in [0, 0.05) is 23.5 Å². The van der Waals surface area contributed by atoms with Gasteiger partial charge in [0.15, 0.2) is 5.78 Å². The van der Waals surface area contributed by atoms with Crippen molar-refractivity contribution in [3.63, 3.8) is 0 Å². The van der Waals surface area contributed by atoms with E-state index >= 15 is 0 Å². The molecule has 2 aromatic carbocycles. The fourth-order valence-corrected chi connectivity index (χ4v) is 2.29. The molecule has 0 atom stereocenters. The van der Waals surface area contributed by atoms with E-state index in [1.165, 1.54) is 0 Å². The van der Waals surface area contributed by atoms with Gasteiger partial charge in [-0.2, -0.15) is 0 Å². The number of hydrogen-bond donors (Lipinski definition) is 1. The number of carbonyl (C=O) groups is 1. The molecule has 4 nitrogen and oxygen atoms in total. The number of nitrogens with zero attached hydrogens (tertiary/aromatic N) is 2. The molecule has 1 heterocycles. The van der Waals surface area contributed by atoms with Crippen molar-refractivity contribution in [1.29, 1.82) is 0 Å². The van der Waals surface area contributed by atoms with Crippen molar-refractivity contribution < 1.29 is 9.90 Å². The molecule has 0 saturated carbocycles. The van der Waals surface area contributed by atoms with Gasteiger partial charge in [-0.1, -0.05) is 42.5 Å². The molecule has 0 unspecified atom stereocenters. The minimum Gasteiger partial charge on any atom is -0.388 e. The monoisotopic (exact) mass is 278 g/mol. The van der Waals surface area contributed by atoms with Crippen molar-refractivity contribution in [2.45, 2.75) is 6.61 Å². The zero-order valence-corrected chi connectivity index (χ0v) is 11.3. The number of carbonyl (C=O) groups excluding carboxylic acids is 1. The van der Waals surface area contributed by atoms with Crippen molar-refractivity contribution >= 4 is 5.78 Å². The summed E-state index contributed by atoms with van der Waals surface area (Å²) in [7, 11) is 0. The Morgan fingerprint density at radius 1 is 1.05 bits per heavy atom. The van der Waals surface area contributed by atoms with Crippen LogP contribution in [0, 0.1) is 0 Å². The molecule has 3 aromatic rings. The van der Waals surface area contributed by atoms with Gasteiger partial charge in [-0.25, -0.2) is 4.98 Å². The number of benzene rings is 2. The lowest BCUT2D eigenvalue weighted by atomic mass is 10.0. The Bertz CT molecular complexity index is 763. The van der Waals surface area contributed by atoms with Crippen LogP contribution in [-0.2, 0) is 6.61 Å². The molecule has 0 aliphatic heterocycles. The van der Waals surface area contributed by atoms with Gasteiger partial charge in [0.05, 0.1) is 5.69 Å². The van der Waals surface area contributed by atoms with Crippen molar-refractivity contribution in [2.75, 3.05) is 0 Å². The number of rotatable bonds is 4. The van der Waals surface area contributed by atoms with E-state index in [1.54, 1.807) is 35.2 Å². The fraction of sp³-hybridized carbons (Fsp3) is 0.0588. The van der Waals surface area contributed by atoms with Gasteiger partial charge >= 0.3 is 0 Å². The van der Waals surface area contributed by atoms with E-state index in [2.05, 4.69) is 4.98 Å². The Hall–Kier alpha value is -2.72. The maximum atomic E-state index is 12.7. The first kappa shape index (κ1) is 13.3. The Kier molecular flexibility index (Phi) is 3.62. The molecule has 0 bridgehead atoms. The average molecular weight is 278 g/mol. The van der Waals surface area contributed by atoms with Gasteiger partial charge in [0.1, 0.15) is 12.4 Å². The van der Waals surface area contributed by atoms with Crippen molar-refractivity contribution in [3.05, 3.63) is 83.9 Å². The third-order valence-corrected chi connectivity index (χ3v) is 3.30. The lowest BCUT2D eigenvalue weighted by Gasteiger charge is -2.11. The van der Waals surface area contributed by atoms with E-state index < -0.39 is 0 Å². The molecule has 0 saturated heterocycles. The Balaban J connectivity index is 2.11. The first-order chi connectivity index (χ1) is 10.3. The quantitative estimate of drug-likeness (QED) is 0.746. The number of aliphatic hydroxyl groups excluding tert-OH is 1. The van der Waals surface area contributed by atoms with Crippen LogP contribution in [0.3, 0.4) is 0 Å². The van der Waals surface area contributed by atoms with E-state index in [4.69, 9.17) is 0 Å². The van der Waals surface area contributed by atoms with Crippen LogP contribution in [0.15, 0.2) is 67.0 Å². The molecule has 104 valence electrons. The maximum Gasteiger partial charge on any atom is 0.195 e. The zero-order chi connectivity index (χ0) is 14.7. The summed E-state index contributed by atoms with van der Waals surface area (Å²) in [5, 5.41) is 9.35. The number of ketones is 1. The van der Waals surface area contributed by atoms with Crippen LogP contribution in [0.25, 0.3) is 5.69 Å². The molecule has 0 aliphatic rings. The van der Waals surface area contributed by atoms with E-state index in [0.29, 0.717) is 22.6 Å². The number of hydrogen-bond acceptors (Lipinski definition) is 3. The van der Waals surface area contributed by atoms with Crippen LogP contribution >= 0.6 is 0 Å². The second kappa shape index (κ2) is 5.73. The summed E-state index contributed by atoms with van der Waals surface area (Å²) in [6.07, 6.45) is 3.35. The summed E-state index contributed by atoms with van der Waals surface area (Å²) in [4.78, 5) is 16.8. The Morgan fingerprint density at radius 2 is 1.76 bits per heavy atom. The normalized spacial score (nSPS) is 10.5. The highest BCUT2D eigenvalue weighted by atomic mass is 16.3. The molecular formula is C17H14N2O2. The molecule has 3 rings (SSSR count). The Labute approximate surface area is 122 Å². The molecule has 0 spiro atoms. The van der Waals surface area contributed by atoms with Gasteiger partial charge in [0.2, 0.25) is 0 Å². The zero-order valence-electron chi connectivity index (χ0n) is 11.3. The van der Waals surface area contributed by atoms with Crippen molar-refractivity contribution in [1.82, 2.24) is 9.55 Å². The van der Waals surface area contributed by atoms with Crippen LogP contribution in [0.2, 0.25) is 0 Å². The summed E-state index contributed by atoms with van der Waals surface area (Å²) < 4.78 is 1.73. The molecule has 0 amide bonds. The van der Waals surface area contributed by atoms with Gasteiger partial charge in [-0.05, 0) is 12.1 Å². The van der Waals surface area contributed by atoms with Gasteiger partial charge in [0.25, 0.3) is 0 Å². The van der Waals surface area contributed by atoms with Gasteiger partial charge in [-0.15, -0.1) is 0 Å². The minimum atomic E-state index is -0.180. The Morgan fingerprint density at radius 3 is 2.52 bits per heavy atom. The smallest absolute Gasteiger partial charge is 0.195 e. The van der Waals surface area contributed by atoms with Gasteiger partial charge in [-0.3, -0.25) is 4.79 Å². The second-order valence-corrected chi connectivity index (χ2v) is 4.58.